The molecule has 1 aliphatic carbocycles. The van der Waals surface area contributed by atoms with Gasteiger partial charge in [0.25, 0.3) is 0 Å². The summed E-state index contributed by atoms with van der Waals surface area (Å²) in [6.45, 7) is 0.987. The molecule has 0 saturated heterocycles. The van der Waals surface area contributed by atoms with Crippen LogP contribution in [-0.4, -0.2) is 40.5 Å². The molecule has 0 bridgehead atoms. The van der Waals surface area contributed by atoms with Gasteiger partial charge in [0, 0.05) is 13.7 Å². The summed E-state index contributed by atoms with van der Waals surface area (Å²) >= 11 is 0. The molecule has 0 aliphatic heterocycles. The Labute approximate surface area is 124 Å². The number of hydrogen-bond donors (Lipinski definition) is 2. The number of carbonyl (C=O) groups excluding carboxylic acids is 1. The Bertz CT molecular complexity index is 500. The number of methoxy groups -OCH3 is 3. The first-order valence-corrected chi connectivity index (χ1v) is 6.92. The molecule has 0 atom stereocenters. The van der Waals surface area contributed by atoms with Crippen LogP contribution in [0.2, 0.25) is 0 Å². The predicted molar refractivity (Wildman–Crippen MR) is 78.9 cm³/mol. The van der Waals surface area contributed by atoms with E-state index in [0.717, 1.165) is 18.4 Å². The van der Waals surface area contributed by atoms with Crippen LogP contribution in [0.1, 0.15) is 18.4 Å². The molecule has 0 unspecified atom stereocenters. The van der Waals surface area contributed by atoms with Crippen LogP contribution in [0, 0.1) is 0 Å². The molecular weight excluding hydrogens is 272 g/mol. The molecule has 0 spiro atoms. The standard InChI is InChI=1S/C15H22N2O4/c1-19-9-8-16-14(18)17-15(6-7-15)11-4-5-12(20-2)13(10-11)21-3/h4-5,10H,6-9H2,1-3H3,(H2,16,17,18). The number of nitrogens with one attached hydrogen (secondary N) is 2. The van der Waals surface area contributed by atoms with Crippen LogP contribution in [0.25, 0.3) is 0 Å². The molecule has 2 rings (SSSR count). The molecule has 6 heteroatoms. The first-order valence-electron chi connectivity index (χ1n) is 6.92. The van der Waals surface area contributed by atoms with Gasteiger partial charge in [-0.3, -0.25) is 0 Å². The third-order valence-electron chi connectivity index (χ3n) is 3.63. The van der Waals surface area contributed by atoms with Gasteiger partial charge in [-0.05, 0) is 30.5 Å². The Balaban J connectivity index is 2.04. The average molecular weight is 294 g/mol. The summed E-state index contributed by atoms with van der Waals surface area (Å²) in [5.41, 5.74) is 0.735. The van der Waals surface area contributed by atoms with Crippen LogP contribution in [-0.2, 0) is 10.3 Å². The van der Waals surface area contributed by atoms with Crippen LogP contribution < -0.4 is 20.1 Å². The molecule has 1 aromatic carbocycles. The van der Waals surface area contributed by atoms with Crippen molar-refractivity contribution in [3.63, 3.8) is 0 Å². The second kappa shape index (κ2) is 6.67. The summed E-state index contributed by atoms with van der Waals surface area (Å²) in [7, 11) is 4.81. The van der Waals surface area contributed by atoms with E-state index in [1.54, 1.807) is 21.3 Å². The van der Waals surface area contributed by atoms with Crippen LogP contribution >= 0.6 is 0 Å². The largest absolute Gasteiger partial charge is 0.493 e. The molecule has 1 aromatic rings. The normalized spacial score (nSPS) is 15.2. The first-order chi connectivity index (χ1) is 10.1. The summed E-state index contributed by atoms with van der Waals surface area (Å²) in [4.78, 5) is 11.9. The molecule has 0 aromatic heterocycles. The number of ether oxygens (including phenoxy) is 3. The fraction of sp³-hybridized carbons (Fsp3) is 0.533. The van der Waals surface area contributed by atoms with E-state index in [2.05, 4.69) is 10.6 Å². The molecule has 116 valence electrons. The molecule has 2 N–H and O–H groups in total. The van der Waals surface area contributed by atoms with E-state index in [1.807, 2.05) is 18.2 Å². The van der Waals surface area contributed by atoms with Crippen LogP contribution in [0.5, 0.6) is 11.5 Å². The zero-order chi connectivity index (χ0) is 15.3. The number of benzene rings is 1. The third-order valence-corrected chi connectivity index (χ3v) is 3.63. The maximum absolute atomic E-state index is 11.9. The van der Waals surface area contributed by atoms with Crippen molar-refractivity contribution in [2.75, 3.05) is 34.5 Å². The highest BCUT2D eigenvalue weighted by atomic mass is 16.5. The maximum atomic E-state index is 11.9. The van der Waals surface area contributed by atoms with Gasteiger partial charge < -0.3 is 24.8 Å². The molecule has 21 heavy (non-hydrogen) atoms. The van der Waals surface area contributed by atoms with E-state index in [9.17, 15) is 4.79 Å². The lowest BCUT2D eigenvalue weighted by Gasteiger charge is -2.20. The van der Waals surface area contributed by atoms with Gasteiger partial charge in [0.2, 0.25) is 0 Å². The minimum atomic E-state index is -0.295. The molecule has 1 fully saturated rings. The topological polar surface area (TPSA) is 68.8 Å². The highest BCUT2D eigenvalue weighted by molar-refractivity contribution is 5.75. The molecule has 1 saturated carbocycles. The van der Waals surface area contributed by atoms with E-state index >= 15 is 0 Å². The Morgan fingerprint density at radius 1 is 1.19 bits per heavy atom. The molecular formula is C15H22N2O4. The molecule has 0 radical (unpaired) electrons. The number of amides is 2. The van der Waals surface area contributed by atoms with Crippen molar-refractivity contribution in [3.8, 4) is 11.5 Å². The molecule has 1 aliphatic rings. The lowest BCUT2D eigenvalue weighted by Crippen LogP contribution is -2.43. The highest BCUT2D eigenvalue weighted by Gasteiger charge is 2.46. The van der Waals surface area contributed by atoms with E-state index in [4.69, 9.17) is 14.2 Å². The predicted octanol–water partition coefficient (Wildman–Crippen LogP) is 1.64. The average Bonchev–Trinajstić information content (AvgIpc) is 3.27. The molecule has 2 amide bonds. The van der Waals surface area contributed by atoms with Gasteiger partial charge in [-0.2, -0.15) is 0 Å². The van der Waals surface area contributed by atoms with E-state index < -0.39 is 0 Å². The van der Waals surface area contributed by atoms with Gasteiger partial charge in [-0.15, -0.1) is 0 Å². The zero-order valence-corrected chi connectivity index (χ0v) is 12.7. The summed E-state index contributed by atoms with van der Waals surface area (Å²) in [5, 5.41) is 5.80. The SMILES string of the molecule is COCCNC(=O)NC1(c2ccc(OC)c(OC)c2)CC1. The van der Waals surface area contributed by atoms with E-state index in [1.165, 1.54) is 0 Å². The van der Waals surface area contributed by atoms with Crippen LogP contribution in [0.4, 0.5) is 4.79 Å². The number of hydrogen-bond acceptors (Lipinski definition) is 4. The van der Waals surface area contributed by atoms with Crippen LogP contribution in [0.3, 0.4) is 0 Å². The minimum Gasteiger partial charge on any atom is -0.493 e. The Morgan fingerprint density at radius 2 is 1.90 bits per heavy atom. The number of urea groups is 1. The van der Waals surface area contributed by atoms with Gasteiger partial charge in [-0.25, -0.2) is 4.79 Å². The lowest BCUT2D eigenvalue weighted by molar-refractivity contribution is 0.194. The zero-order valence-electron chi connectivity index (χ0n) is 12.7. The summed E-state index contributed by atoms with van der Waals surface area (Å²) in [6, 6.07) is 5.56. The van der Waals surface area contributed by atoms with Gasteiger partial charge in [0.1, 0.15) is 0 Å². The molecule has 6 nitrogen and oxygen atoms in total. The van der Waals surface area contributed by atoms with Crippen LogP contribution in [0.15, 0.2) is 18.2 Å². The fourth-order valence-electron chi connectivity index (χ4n) is 2.27. The van der Waals surface area contributed by atoms with Gasteiger partial charge in [0.05, 0.1) is 26.4 Å². The van der Waals surface area contributed by atoms with Crippen molar-refractivity contribution in [2.24, 2.45) is 0 Å². The van der Waals surface area contributed by atoms with Gasteiger partial charge >= 0.3 is 6.03 Å². The van der Waals surface area contributed by atoms with Gasteiger partial charge in [0.15, 0.2) is 11.5 Å². The monoisotopic (exact) mass is 294 g/mol. The summed E-state index contributed by atoms with van der Waals surface area (Å²) in [6.07, 6.45) is 1.83. The summed E-state index contributed by atoms with van der Waals surface area (Å²) < 4.78 is 15.5. The number of carbonyl (C=O) groups is 1. The van der Waals surface area contributed by atoms with Crippen molar-refractivity contribution in [1.29, 1.82) is 0 Å². The fourth-order valence-corrected chi connectivity index (χ4v) is 2.27. The second-order valence-corrected chi connectivity index (χ2v) is 5.03. The third kappa shape index (κ3) is 3.58. The van der Waals surface area contributed by atoms with Gasteiger partial charge in [-0.1, -0.05) is 6.07 Å². The van der Waals surface area contributed by atoms with Crippen molar-refractivity contribution in [2.45, 2.75) is 18.4 Å². The van der Waals surface area contributed by atoms with E-state index in [-0.39, 0.29) is 11.6 Å². The highest BCUT2D eigenvalue weighted by Crippen LogP contribution is 2.47. The van der Waals surface area contributed by atoms with E-state index in [0.29, 0.717) is 24.7 Å². The lowest BCUT2D eigenvalue weighted by atomic mass is 10.0. The Morgan fingerprint density at radius 3 is 2.48 bits per heavy atom. The minimum absolute atomic E-state index is 0.181. The second-order valence-electron chi connectivity index (χ2n) is 5.03. The number of rotatable bonds is 7. The summed E-state index contributed by atoms with van der Waals surface area (Å²) in [5.74, 6) is 1.35. The first kappa shape index (κ1) is 15.4. The van der Waals surface area contributed by atoms with Crippen molar-refractivity contribution in [1.82, 2.24) is 10.6 Å². The Kier molecular flexibility index (Phi) is 4.90. The molecule has 0 heterocycles. The maximum Gasteiger partial charge on any atom is 0.315 e. The van der Waals surface area contributed by atoms with Crippen molar-refractivity contribution in [3.05, 3.63) is 23.8 Å². The quantitative estimate of drug-likeness (QED) is 0.750. The smallest absolute Gasteiger partial charge is 0.315 e. The van der Waals surface area contributed by atoms with Crippen molar-refractivity contribution < 1.29 is 19.0 Å². The Hall–Kier alpha value is -1.95. The van der Waals surface area contributed by atoms with Crippen molar-refractivity contribution >= 4 is 6.03 Å².